The molecule has 0 unspecified atom stereocenters. The second-order valence-electron chi connectivity index (χ2n) is 7.18. The number of benzene rings is 1. The molecule has 7 heteroatoms. The highest BCUT2D eigenvalue weighted by molar-refractivity contribution is 5.92. The van der Waals surface area contributed by atoms with Crippen molar-refractivity contribution in [3.05, 3.63) is 67.6 Å². The number of aryl methyl sites for hydroxylation is 1. The van der Waals surface area contributed by atoms with Crippen molar-refractivity contribution in [3.63, 3.8) is 0 Å². The Morgan fingerprint density at radius 2 is 1.67 bits per heavy atom. The number of para-hydroxylation sites is 1. The molecule has 1 aromatic carbocycles. The van der Waals surface area contributed by atoms with E-state index in [0.29, 0.717) is 5.69 Å². The van der Waals surface area contributed by atoms with E-state index in [1.54, 1.807) is 6.92 Å². The number of anilines is 1. The highest BCUT2D eigenvalue weighted by Crippen LogP contribution is 2.32. The Morgan fingerprint density at radius 3 is 2.15 bits per heavy atom. The Labute approximate surface area is 158 Å². The summed E-state index contributed by atoms with van der Waals surface area (Å²) in [4.78, 5) is 35.2. The molecule has 0 aliphatic carbocycles. The summed E-state index contributed by atoms with van der Waals surface area (Å²) in [5, 5.41) is 13.9. The molecule has 0 saturated carbocycles. The average Bonchev–Trinajstić information content (AvgIpc) is 2.57. The van der Waals surface area contributed by atoms with E-state index in [-0.39, 0.29) is 18.4 Å². The van der Waals surface area contributed by atoms with Crippen LogP contribution in [0.25, 0.3) is 0 Å². The lowest BCUT2D eigenvalue weighted by Crippen LogP contribution is -2.30. The highest BCUT2D eigenvalue weighted by atomic mass is 16.6. The number of hydrogen-bond acceptors (Lipinski definition) is 4. The van der Waals surface area contributed by atoms with Crippen molar-refractivity contribution in [3.8, 4) is 0 Å². The second-order valence-corrected chi connectivity index (χ2v) is 7.18. The van der Waals surface area contributed by atoms with Gasteiger partial charge in [-0.3, -0.25) is 24.3 Å². The first-order valence-corrected chi connectivity index (χ1v) is 8.91. The summed E-state index contributed by atoms with van der Waals surface area (Å²) in [5.74, 6) is 0.0261. The molecule has 1 heterocycles. The van der Waals surface area contributed by atoms with E-state index in [2.05, 4.69) is 5.32 Å². The molecule has 2 aromatic rings. The van der Waals surface area contributed by atoms with E-state index in [0.717, 1.165) is 27.4 Å². The highest BCUT2D eigenvalue weighted by Gasteiger charge is 2.20. The van der Waals surface area contributed by atoms with Crippen molar-refractivity contribution in [2.24, 2.45) is 0 Å². The molecule has 0 aliphatic rings. The molecule has 7 nitrogen and oxygen atoms in total. The van der Waals surface area contributed by atoms with Gasteiger partial charge in [-0.15, -0.1) is 0 Å². The molecule has 0 aliphatic heterocycles. The third-order valence-corrected chi connectivity index (χ3v) is 4.51. The molecule has 0 fully saturated rings. The Balaban J connectivity index is 2.39. The van der Waals surface area contributed by atoms with Gasteiger partial charge in [0.15, 0.2) is 0 Å². The van der Waals surface area contributed by atoms with Crippen LogP contribution in [-0.4, -0.2) is 15.4 Å². The minimum Gasteiger partial charge on any atom is -0.324 e. The first-order valence-electron chi connectivity index (χ1n) is 8.91. The first kappa shape index (κ1) is 20.4. The first-order chi connectivity index (χ1) is 12.6. The van der Waals surface area contributed by atoms with Crippen LogP contribution in [0.2, 0.25) is 0 Å². The molecule has 0 atom stereocenters. The fraction of sp³-hybridized carbons (Fsp3) is 0.400. The van der Waals surface area contributed by atoms with Crippen LogP contribution in [0.4, 0.5) is 11.4 Å². The second kappa shape index (κ2) is 8.16. The van der Waals surface area contributed by atoms with Crippen LogP contribution >= 0.6 is 0 Å². The molecule has 0 bridgehead atoms. The largest absolute Gasteiger partial charge is 0.334 e. The van der Waals surface area contributed by atoms with Crippen LogP contribution in [0.5, 0.6) is 0 Å². The zero-order valence-electron chi connectivity index (χ0n) is 16.3. The topological polar surface area (TPSA) is 94.2 Å². The molecule has 0 spiro atoms. The third kappa shape index (κ3) is 4.42. The number of hydrogen-bond donors (Lipinski definition) is 1. The minimum atomic E-state index is -0.781. The number of carbonyl (C=O) groups excluding carboxylic acids is 1. The lowest BCUT2D eigenvalue weighted by atomic mass is 9.92. The molecular weight excluding hydrogens is 346 g/mol. The van der Waals surface area contributed by atoms with Crippen molar-refractivity contribution in [1.82, 2.24) is 4.57 Å². The van der Waals surface area contributed by atoms with Crippen LogP contribution < -0.4 is 10.9 Å². The molecule has 144 valence electrons. The predicted octanol–water partition coefficient (Wildman–Crippen LogP) is 3.95. The van der Waals surface area contributed by atoms with Crippen molar-refractivity contribution >= 4 is 17.3 Å². The van der Waals surface area contributed by atoms with E-state index in [1.807, 2.05) is 45.9 Å². The number of nitro groups is 1. The van der Waals surface area contributed by atoms with Gasteiger partial charge in [0.05, 0.1) is 4.92 Å². The fourth-order valence-corrected chi connectivity index (χ4v) is 3.01. The van der Waals surface area contributed by atoms with Crippen molar-refractivity contribution in [2.45, 2.75) is 53.0 Å². The lowest BCUT2D eigenvalue weighted by molar-refractivity contribution is -0.386. The SMILES string of the molecule is Cc1ccc([N+](=O)[O-])c(=O)n1CC(=O)Nc1c(C(C)C)cccc1C(C)C. The molecule has 1 amide bonds. The smallest absolute Gasteiger partial charge is 0.324 e. The zero-order chi connectivity index (χ0) is 20.3. The molecule has 0 radical (unpaired) electrons. The fourth-order valence-electron chi connectivity index (χ4n) is 3.01. The van der Waals surface area contributed by atoms with Gasteiger partial charge in [-0.1, -0.05) is 45.9 Å². The van der Waals surface area contributed by atoms with E-state index in [9.17, 15) is 19.7 Å². The summed E-state index contributed by atoms with van der Waals surface area (Å²) < 4.78 is 1.13. The monoisotopic (exact) mass is 371 g/mol. The zero-order valence-corrected chi connectivity index (χ0v) is 16.3. The van der Waals surface area contributed by atoms with E-state index >= 15 is 0 Å². The summed E-state index contributed by atoms with van der Waals surface area (Å²) in [6, 6.07) is 8.54. The molecule has 0 saturated heterocycles. The maximum absolute atomic E-state index is 12.7. The molecule has 2 rings (SSSR count). The van der Waals surface area contributed by atoms with Crippen LogP contribution in [0.1, 0.15) is 56.4 Å². The Kier molecular flexibility index (Phi) is 6.15. The summed E-state index contributed by atoms with van der Waals surface area (Å²) in [6.07, 6.45) is 0. The molecule has 1 N–H and O–H groups in total. The van der Waals surface area contributed by atoms with Gasteiger partial charge in [0.1, 0.15) is 6.54 Å². The summed E-state index contributed by atoms with van der Waals surface area (Å²) in [7, 11) is 0. The van der Waals surface area contributed by atoms with Gasteiger partial charge >= 0.3 is 11.2 Å². The summed E-state index contributed by atoms with van der Waals surface area (Å²) in [6.45, 7) is 9.54. The van der Waals surface area contributed by atoms with E-state index < -0.39 is 22.1 Å². The van der Waals surface area contributed by atoms with Crippen molar-refractivity contribution in [2.75, 3.05) is 5.32 Å². The minimum absolute atomic E-state index is 0.210. The summed E-state index contributed by atoms with van der Waals surface area (Å²) in [5.41, 5.74) is 1.94. The average molecular weight is 371 g/mol. The Morgan fingerprint density at radius 1 is 1.11 bits per heavy atom. The van der Waals surface area contributed by atoms with Crippen LogP contribution in [-0.2, 0) is 11.3 Å². The van der Waals surface area contributed by atoms with Gasteiger partial charge in [-0.05, 0) is 36.0 Å². The summed E-state index contributed by atoms with van der Waals surface area (Å²) >= 11 is 0. The van der Waals surface area contributed by atoms with Gasteiger partial charge < -0.3 is 5.32 Å². The van der Waals surface area contributed by atoms with Gasteiger partial charge in [-0.2, -0.15) is 0 Å². The van der Waals surface area contributed by atoms with Crippen LogP contribution in [0, 0.1) is 17.0 Å². The molecular formula is C20H25N3O4. The predicted molar refractivity (Wildman–Crippen MR) is 105 cm³/mol. The molecule has 1 aromatic heterocycles. The molecule has 27 heavy (non-hydrogen) atoms. The number of rotatable bonds is 6. The number of amides is 1. The maximum Gasteiger partial charge on any atom is 0.334 e. The third-order valence-electron chi connectivity index (χ3n) is 4.51. The number of carbonyl (C=O) groups is 1. The van der Waals surface area contributed by atoms with Gasteiger partial charge in [-0.25, -0.2) is 0 Å². The Hall–Kier alpha value is -2.96. The van der Waals surface area contributed by atoms with Crippen molar-refractivity contribution < 1.29 is 9.72 Å². The van der Waals surface area contributed by atoms with Gasteiger partial charge in [0.2, 0.25) is 5.91 Å². The quantitative estimate of drug-likeness (QED) is 0.614. The normalized spacial score (nSPS) is 11.1. The van der Waals surface area contributed by atoms with Gasteiger partial charge in [0.25, 0.3) is 0 Å². The standard InChI is InChI=1S/C20H25N3O4/c1-12(2)15-7-6-8-16(13(3)4)19(15)21-18(24)11-22-14(5)9-10-17(20(22)25)23(26)27/h6-10,12-13H,11H2,1-5H3,(H,21,24). The number of aromatic nitrogens is 1. The van der Waals surface area contributed by atoms with Crippen LogP contribution in [0.15, 0.2) is 35.1 Å². The van der Waals surface area contributed by atoms with E-state index in [1.165, 1.54) is 6.07 Å². The van der Waals surface area contributed by atoms with Crippen molar-refractivity contribution in [1.29, 1.82) is 0 Å². The number of nitrogens with one attached hydrogen (secondary N) is 1. The van der Waals surface area contributed by atoms with E-state index in [4.69, 9.17) is 0 Å². The number of pyridine rings is 1. The van der Waals surface area contributed by atoms with Crippen LogP contribution in [0.3, 0.4) is 0 Å². The maximum atomic E-state index is 12.7. The lowest BCUT2D eigenvalue weighted by Gasteiger charge is -2.20. The van der Waals surface area contributed by atoms with Gasteiger partial charge in [0, 0.05) is 17.4 Å². The number of nitrogens with zero attached hydrogens (tertiary/aromatic N) is 2. The Bertz CT molecular complexity index is 903.